The summed E-state index contributed by atoms with van der Waals surface area (Å²) in [4.78, 5) is 12.3. The number of aromatic nitrogens is 2. The van der Waals surface area contributed by atoms with E-state index in [1.165, 1.54) is 0 Å². The van der Waals surface area contributed by atoms with Gasteiger partial charge in [0, 0.05) is 25.4 Å². The molecule has 1 aromatic carbocycles. The molecule has 1 atom stereocenters. The van der Waals surface area contributed by atoms with Gasteiger partial charge in [-0.05, 0) is 30.2 Å². The number of nitrogens with one attached hydrogen (secondary N) is 1. The lowest BCUT2D eigenvalue weighted by molar-refractivity contribution is -0.126. The normalized spacial score (nSPS) is 16.5. The van der Waals surface area contributed by atoms with Gasteiger partial charge in [0.2, 0.25) is 5.91 Å². The SMILES string of the molecule is COc1ccc2c(c1)CC(C(=O)NCc1cnn(C)c1)CO2. The van der Waals surface area contributed by atoms with Gasteiger partial charge in [-0.25, -0.2) is 0 Å². The Kier molecular flexibility index (Phi) is 4.00. The molecule has 1 N–H and O–H groups in total. The smallest absolute Gasteiger partial charge is 0.227 e. The van der Waals surface area contributed by atoms with Crippen LogP contribution < -0.4 is 14.8 Å². The van der Waals surface area contributed by atoms with Crippen molar-refractivity contribution in [1.82, 2.24) is 15.1 Å². The summed E-state index contributed by atoms with van der Waals surface area (Å²) in [5, 5.41) is 7.02. The van der Waals surface area contributed by atoms with Crippen molar-refractivity contribution in [1.29, 1.82) is 0 Å². The summed E-state index contributed by atoms with van der Waals surface area (Å²) >= 11 is 0. The number of carbonyl (C=O) groups excluding carboxylic acids is 1. The minimum absolute atomic E-state index is 0.00248. The number of aryl methyl sites for hydroxylation is 1. The third kappa shape index (κ3) is 3.05. The largest absolute Gasteiger partial charge is 0.497 e. The van der Waals surface area contributed by atoms with Crippen molar-refractivity contribution in [2.75, 3.05) is 13.7 Å². The standard InChI is InChI=1S/C16H19N3O3/c1-19-9-11(8-18-19)7-17-16(20)13-5-12-6-14(21-2)3-4-15(12)22-10-13/h3-4,6,8-9,13H,5,7,10H2,1-2H3,(H,17,20). The van der Waals surface area contributed by atoms with Gasteiger partial charge < -0.3 is 14.8 Å². The van der Waals surface area contributed by atoms with E-state index < -0.39 is 0 Å². The summed E-state index contributed by atoms with van der Waals surface area (Å²) in [6.45, 7) is 0.881. The Morgan fingerprint density at radius 3 is 3.14 bits per heavy atom. The van der Waals surface area contributed by atoms with Crippen LogP contribution in [0.4, 0.5) is 0 Å². The van der Waals surface area contributed by atoms with Gasteiger partial charge in [0.25, 0.3) is 0 Å². The van der Waals surface area contributed by atoms with Crippen molar-refractivity contribution in [3.8, 4) is 11.5 Å². The molecule has 116 valence electrons. The van der Waals surface area contributed by atoms with Crippen LogP contribution in [0.25, 0.3) is 0 Å². The quantitative estimate of drug-likeness (QED) is 0.924. The number of fused-ring (bicyclic) bond motifs is 1. The molecule has 6 heteroatoms. The zero-order valence-electron chi connectivity index (χ0n) is 12.7. The van der Waals surface area contributed by atoms with Crippen LogP contribution in [-0.4, -0.2) is 29.4 Å². The topological polar surface area (TPSA) is 65.4 Å². The van der Waals surface area contributed by atoms with Crippen LogP contribution in [0, 0.1) is 5.92 Å². The van der Waals surface area contributed by atoms with Crippen molar-refractivity contribution in [2.24, 2.45) is 13.0 Å². The van der Waals surface area contributed by atoms with Crippen LogP contribution in [0.2, 0.25) is 0 Å². The van der Waals surface area contributed by atoms with Crippen LogP contribution >= 0.6 is 0 Å². The molecule has 0 spiro atoms. The van der Waals surface area contributed by atoms with Crippen LogP contribution in [0.15, 0.2) is 30.6 Å². The summed E-state index contributed by atoms with van der Waals surface area (Å²) in [5.41, 5.74) is 1.99. The second-order valence-corrected chi connectivity index (χ2v) is 5.43. The van der Waals surface area contributed by atoms with Gasteiger partial charge in [0.05, 0.1) is 19.2 Å². The molecule has 0 radical (unpaired) electrons. The number of rotatable bonds is 4. The molecule has 22 heavy (non-hydrogen) atoms. The van der Waals surface area contributed by atoms with Crippen molar-refractivity contribution < 1.29 is 14.3 Å². The van der Waals surface area contributed by atoms with Gasteiger partial charge in [0.1, 0.15) is 18.1 Å². The maximum absolute atomic E-state index is 12.3. The fraction of sp³-hybridized carbons (Fsp3) is 0.375. The van der Waals surface area contributed by atoms with Crippen LogP contribution in [-0.2, 0) is 24.8 Å². The Balaban J connectivity index is 1.62. The molecule has 1 aliphatic rings. The molecule has 2 aromatic rings. The van der Waals surface area contributed by atoms with E-state index in [0.717, 1.165) is 22.6 Å². The van der Waals surface area contributed by atoms with Gasteiger partial charge in [-0.1, -0.05) is 0 Å². The summed E-state index contributed by atoms with van der Waals surface area (Å²) in [7, 11) is 3.48. The molecule has 0 saturated heterocycles. The Labute approximate surface area is 129 Å². The molecular formula is C16H19N3O3. The lowest BCUT2D eigenvalue weighted by atomic mass is 9.95. The van der Waals surface area contributed by atoms with E-state index in [1.54, 1.807) is 18.0 Å². The molecule has 1 amide bonds. The Bertz CT molecular complexity index is 681. The minimum Gasteiger partial charge on any atom is -0.497 e. The Hall–Kier alpha value is -2.50. The molecule has 0 saturated carbocycles. The average molecular weight is 301 g/mol. The number of carbonyl (C=O) groups is 1. The molecule has 3 rings (SSSR count). The number of hydrogen-bond acceptors (Lipinski definition) is 4. The Morgan fingerprint density at radius 1 is 1.55 bits per heavy atom. The fourth-order valence-corrected chi connectivity index (χ4v) is 2.56. The van der Waals surface area contributed by atoms with Gasteiger partial charge in [-0.15, -0.1) is 0 Å². The highest BCUT2D eigenvalue weighted by Crippen LogP contribution is 2.30. The van der Waals surface area contributed by atoms with Crippen molar-refractivity contribution in [3.63, 3.8) is 0 Å². The number of hydrogen-bond donors (Lipinski definition) is 1. The highest BCUT2D eigenvalue weighted by Gasteiger charge is 2.26. The van der Waals surface area contributed by atoms with E-state index in [-0.39, 0.29) is 11.8 Å². The first-order valence-corrected chi connectivity index (χ1v) is 7.20. The van der Waals surface area contributed by atoms with Gasteiger partial charge in [-0.3, -0.25) is 9.48 Å². The van der Waals surface area contributed by atoms with Crippen molar-refractivity contribution >= 4 is 5.91 Å². The average Bonchev–Trinajstić information content (AvgIpc) is 2.97. The molecule has 0 aliphatic carbocycles. The fourth-order valence-electron chi connectivity index (χ4n) is 2.56. The molecule has 6 nitrogen and oxygen atoms in total. The van der Waals surface area contributed by atoms with E-state index in [1.807, 2.05) is 31.4 Å². The molecule has 2 heterocycles. The number of benzene rings is 1. The highest BCUT2D eigenvalue weighted by atomic mass is 16.5. The highest BCUT2D eigenvalue weighted by molar-refractivity contribution is 5.79. The predicted octanol–water partition coefficient (Wildman–Crippen LogP) is 1.30. The van der Waals surface area contributed by atoms with Crippen LogP contribution in [0.3, 0.4) is 0 Å². The Morgan fingerprint density at radius 2 is 2.41 bits per heavy atom. The van der Waals surface area contributed by atoms with Crippen LogP contribution in [0.5, 0.6) is 11.5 Å². The van der Waals surface area contributed by atoms with Crippen molar-refractivity contribution in [3.05, 3.63) is 41.7 Å². The lowest BCUT2D eigenvalue weighted by Crippen LogP contribution is -2.37. The zero-order chi connectivity index (χ0) is 15.5. The first-order valence-electron chi connectivity index (χ1n) is 7.20. The maximum atomic E-state index is 12.3. The third-order valence-corrected chi connectivity index (χ3v) is 3.77. The predicted molar refractivity (Wildman–Crippen MR) is 80.7 cm³/mol. The minimum atomic E-state index is -0.184. The first-order chi connectivity index (χ1) is 10.7. The van der Waals surface area contributed by atoms with E-state index in [9.17, 15) is 4.79 Å². The molecule has 1 aliphatic heterocycles. The number of ether oxygens (including phenoxy) is 2. The summed E-state index contributed by atoms with van der Waals surface area (Å²) in [5.74, 6) is 1.42. The number of amides is 1. The van der Waals surface area contributed by atoms with Gasteiger partial charge >= 0.3 is 0 Å². The lowest BCUT2D eigenvalue weighted by Gasteiger charge is -2.24. The van der Waals surface area contributed by atoms with Crippen LogP contribution in [0.1, 0.15) is 11.1 Å². The van der Waals surface area contributed by atoms with Gasteiger partial charge in [0.15, 0.2) is 0 Å². The molecule has 0 fully saturated rings. The van der Waals surface area contributed by atoms with Gasteiger partial charge in [-0.2, -0.15) is 5.10 Å². The molecular weight excluding hydrogens is 282 g/mol. The molecule has 1 unspecified atom stereocenters. The summed E-state index contributed by atoms with van der Waals surface area (Å²) < 4.78 is 12.6. The van der Waals surface area contributed by atoms with E-state index >= 15 is 0 Å². The third-order valence-electron chi connectivity index (χ3n) is 3.77. The molecule has 0 bridgehead atoms. The van der Waals surface area contributed by atoms with E-state index in [2.05, 4.69) is 10.4 Å². The number of methoxy groups -OCH3 is 1. The van der Waals surface area contributed by atoms with E-state index in [0.29, 0.717) is 19.6 Å². The molecule has 1 aromatic heterocycles. The first kappa shape index (κ1) is 14.4. The van der Waals surface area contributed by atoms with E-state index in [4.69, 9.17) is 9.47 Å². The van der Waals surface area contributed by atoms with Crippen molar-refractivity contribution in [2.45, 2.75) is 13.0 Å². The zero-order valence-corrected chi connectivity index (χ0v) is 12.7. The number of nitrogens with zero attached hydrogens (tertiary/aromatic N) is 2. The maximum Gasteiger partial charge on any atom is 0.227 e. The second-order valence-electron chi connectivity index (χ2n) is 5.43. The summed E-state index contributed by atoms with van der Waals surface area (Å²) in [6.07, 6.45) is 4.29. The monoisotopic (exact) mass is 301 g/mol. The summed E-state index contributed by atoms with van der Waals surface area (Å²) in [6, 6.07) is 5.68. The second kappa shape index (κ2) is 6.09.